The third kappa shape index (κ3) is 12.5. The molecule has 0 bridgehead atoms. The second kappa shape index (κ2) is 25.7. The van der Waals surface area contributed by atoms with Crippen LogP contribution in [-0.2, 0) is 37.2 Å². The average Bonchev–Trinajstić information content (AvgIpc) is 4.25. The molecule has 6 atom stereocenters. The number of carbonyl (C=O) groups is 2. The van der Waals surface area contributed by atoms with Gasteiger partial charge in [0.05, 0.1) is 25.5 Å². The molecule has 7 heterocycles. The van der Waals surface area contributed by atoms with Crippen molar-refractivity contribution in [1.29, 1.82) is 0 Å². The maximum Gasteiger partial charge on any atom is 0.251 e. The number of anilines is 2. The number of amides is 2. The Hall–Kier alpha value is -7.66. The standard InChI is InChI=1S/C57H70N18O3/c1-5-38-28-59-20-16-42(38)30-65-56(76)40-10-7-12-44(24-40)63-32-52-69-70-54(50-18-22-61-36-67-50)73(52)48-15-9-14-47(27-48)72(4)75-53(74(49-26-46(58-3)34-78-35-49)55(71-75)51-19-23-62-37-68-51)33-64-45-13-8-11-41(25-45)57(77)66-31-43-17-21-60-29-39(43)6-2/h7-8,10-13,16-25,28-29,36-37,46-49,53,55,58,63-64,71H,5-6,9,14-15,26-27,30-35H2,1-4H3,(H,65,76)(H,66,77). The Labute approximate surface area is 455 Å². The second-order valence-corrected chi connectivity index (χ2v) is 20.1. The predicted octanol–water partition coefficient (Wildman–Crippen LogP) is 5.88. The van der Waals surface area contributed by atoms with Gasteiger partial charge in [-0.15, -0.1) is 10.2 Å². The summed E-state index contributed by atoms with van der Waals surface area (Å²) in [6.07, 6.45) is 19.5. The van der Waals surface area contributed by atoms with E-state index in [4.69, 9.17) is 19.9 Å². The highest BCUT2D eigenvalue weighted by Crippen LogP contribution is 2.39. The monoisotopic (exact) mass is 1050 g/mol. The van der Waals surface area contributed by atoms with E-state index in [1.54, 1.807) is 31.1 Å². The number of hydrogen-bond donors (Lipinski definition) is 6. The lowest BCUT2D eigenvalue weighted by atomic mass is 9.90. The van der Waals surface area contributed by atoms with E-state index in [1.165, 1.54) is 6.33 Å². The van der Waals surface area contributed by atoms with Gasteiger partial charge in [-0.2, -0.15) is 5.12 Å². The van der Waals surface area contributed by atoms with Crippen LogP contribution in [0.5, 0.6) is 0 Å². The summed E-state index contributed by atoms with van der Waals surface area (Å²) >= 11 is 0. The highest BCUT2D eigenvalue weighted by molar-refractivity contribution is 5.95. The summed E-state index contributed by atoms with van der Waals surface area (Å²) in [4.78, 5) is 56.1. The molecule has 1 aliphatic carbocycles. The van der Waals surface area contributed by atoms with Gasteiger partial charge < -0.3 is 35.9 Å². The SMILES string of the molecule is CCc1cnccc1CNC(=O)c1cccc(NCc2nnc(-c3ccncn3)n2C2CCCC(N(C)N3NC(c4ccncn4)N(C4COCC(NC)C4)C3CNc3cccc(C(=O)NCc4ccncc4CC)c3)C2)c1. The zero-order valence-corrected chi connectivity index (χ0v) is 44.8. The molecular formula is C57H70N18O3. The molecule has 1 saturated carbocycles. The van der Waals surface area contributed by atoms with Crippen LogP contribution in [0.3, 0.4) is 0 Å². The normalized spacial score (nSPS) is 20.8. The number of rotatable bonds is 21. The molecule has 2 amide bonds. The van der Waals surface area contributed by atoms with Crippen molar-refractivity contribution in [2.45, 2.75) is 115 Å². The van der Waals surface area contributed by atoms with Crippen LogP contribution in [0.1, 0.15) is 113 Å². The first-order valence-corrected chi connectivity index (χ1v) is 27.1. The number of pyridine rings is 2. The number of aromatic nitrogens is 9. The Morgan fingerprint density at radius 2 is 1.38 bits per heavy atom. The van der Waals surface area contributed by atoms with Gasteiger partial charge in [0.15, 0.2) is 11.6 Å². The van der Waals surface area contributed by atoms with Crippen molar-refractivity contribution in [1.82, 2.24) is 81.1 Å². The Kier molecular flexibility index (Phi) is 17.7. The van der Waals surface area contributed by atoms with E-state index in [0.717, 1.165) is 90.1 Å². The molecule has 6 N–H and O–H groups in total. The van der Waals surface area contributed by atoms with Crippen molar-refractivity contribution in [3.63, 3.8) is 0 Å². The van der Waals surface area contributed by atoms with Crippen molar-refractivity contribution in [3.05, 3.63) is 168 Å². The first kappa shape index (κ1) is 53.7. The fraction of sp³-hybridized carbons (Fsp3) is 0.404. The van der Waals surface area contributed by atoms with E-state index < -0.39 is 0 Å². The number of carbonyl (C=O) groups excluding carboxylic acids is 2. The Morgan fingerprint density at radius 1 is 0.718 bits per heavy atom. The van der Waals surface area contributed by atoms with Crippen LogP contribution < -0.4 is 32.0 Å². The molecule has 5 aromatic heterocycles. The molecule has 3 fully saturated rings. The van der Waals surface area contributed by atoms with Gasteiger partial charge in [-0.3, -0.25) is 24.5 Å². The Bertz CT molecular complexity index is 3090. The summed E-state index contributed by atoms with van der Waals surface area (Å²) in [5.74, 6) is 1.11. The van der Waals surface area contributed by atoms with Crippen LogP contribution in [-0.4, -0.2) is 130 Å². The lowest BCUT2D eigenvalue weighted by molar-refractivity contribution is -0.118. The second-order valence-electron chi connectivity index (χ2n) is 20.1. The van der Waals surface area contributed by atoms with Crippen molar-refractivity contribution >= 4 is 23.2 Å². The van der Waals surface area contributed by atoms with Gasteiger partial charge in [0, 0.05) is 111 Å². The van der Waals surface area contributed by atoms with E-state index >= 15 is 0 Å². The summed E-state index contributed by atoms with van der Waals surface area (Å²) in [6.45, 7) is 7.03. The van der Waals surface area contributed by atoms with Gasteiger partial charge in [0.2, 0.25) is 0 Å². The van der Waals surface area contributed by atoms with Gasteiger partial charge in [-0.25, -0.2) is 30.4 Å². The summed E-state index contributed by atoms with van der Waals surface area (Å²) < 4.78 is 8.56. The molecule has 21 heteroatoms. The van der Waals surface area contributed by atoms with Crippen LogP contribution in [0.4, 0.5) is 11.4 Å². The van der Waals surface area contributed by atoms with Gasteiger partial charge in [-0.1, -0.05) is 26.0 Å². The highest BCUT2D eigenvalue weighted by atomic mass is 16.5. The fourth-order valence-electron chi connectivity index (χ4n) is 11.1. The van der Waals surface area contributed by atoms with Crippen molar-refractivity contribution in [2.75, 3.05) is 44.5 Å². The fourth-order valence-corrected chi connectivity index (χ4v) is 11.1. The van der Waals surface area contributed by atoms with Crippen molar-refractivity contribution in [3.8, 4) is 11.5 Å². The van der Waals surface area contributed by atoms with Crippen molar-refractivity contribution in [2.24, 2.45) is 0 Å². The minimum absolute atomic E-state index is 0.0124. The minimum Gasteiger partial charge on any atom is -0.382 e. The average molecular weight is 1060 g/mol. The van der Waals surface area contributed by atoms with Gasteiger partial charge in [0.1, 0.15) is 30.7 Å². The largest absolute Gasteiger partial charge is 0.382 e. The predicted molar refractivity (Wildman–Crippen MR) is 296 cm³/mol. The van der Waals surface area contributed by atoms with E-state index in [-0.39, 0.29) is 48.3 Å². The topological polar surface area (TPSA) is 233 Å². The molecule has 78 heavy (non-hydrogen) atoms. The van der Waals surface area contributed by atoms with Crippen LogP contribution >= 0.6 is 0 Å². The van der Waals surface area contributed by atoms with E-state index in [1.807, 2.05) is 92.2 Å². The number of benzene rings is 2. The Morgan fingerprint density at radius 3 is 2.03 bits per heavy atom. The number of ether oxygens (including phenoxy) is 1. The number of hydrogen-bond acceptors (Lipinski definition) is 18. The van der Waals surface area contributed by atoms with Crippen LogP contribution in [0.25, 0.3) is 11.5 Å². The van der Waals surface area contributed by atoms with Gasteiger partial charge in [-0.05, 0) is 135 Å². The first-order valence-electron chi connectivity index (χ1n) is 27.1. The number of nitrogens with one attached hydrogen (secondary N) is 6. The quantitative estimate of drug-likeness (QED) is 0.0493. The van der Waals surface area contributed by atoms with E-state index in [0.29, 0.717) is 62.0 Å². The van der Waals surface area contributed by atoms with E-state index in [2.05, 4.69) is 97.4 Å². The van der Waals surface area contributed by atoms with Crippen molar-refractivity contribution < 1.29 is 14.3 Å². The number of aryl methyl sites for hydroxylation is 2. The third-order valence-corrected chi connectivity index (χ3v) is 15.3. The summed E-state index contributed by atoms with van der Waals surface area (Å²) in [5, 5.41) is 31.2. The minimum atomic E-state index is -0.316. The smallest absolute Gasteiger partial charge is 0.251 e. The highest BCUT2D eigenvalue weighted by Gasteiger charge is 2.48. The van der Waals surface area contributed by atoms with Crippen LogP contribution in [0, 0.1) is 0 Å². The zero-order chi connectivity index (χ0) is 53.8. The van der Waals surface area contributed by atoms with Gasteiger partial charge >= 0.3 is 0 Å². The van der Waals surface area contributed by atoms with Crippen LogP contribution in [0.15, 0.2) is 123 Å². The molecule has 2 aliphatic heterocycles. The van der Waals surface area contributed by atoms with Gasteiger partial charge in [0.25, 0.3) is 11.8 Å². The molecule has 406 valence electrons. The van der Waals surface area contributed by atoms with Crippen LogP contribution in [0.2, 0.25) is 0 Å². The molecule has 21 nitrogen and oxygen atoms in total. The molecule has 2 saturated heterocycles. The molecule has 7 aromatic rings. The molecule has 0 spiro atoms. The summed E-state index contributed by atoms with van der Waals surface area (Å²) in [5.41, 5.74) is 12.5. The zero-order valence-electron chi connectivity index (χ0n) is 44.8. The lowest BCUT2D eigenvalue weighted by Crippen LogP contribution is -2.59. The summed E-state index contributed by atoms with van der Waals surface area (Å²) in [6, 6.07) is 23.2. The molecule has 10 rings (SSSR count). The Balaban J connectivity index is 0.899. The molecule has 3 aliphatic rings. The summed E-state index contributed by atoms with van der Waals surface area (Å²) in [7, 11) is 4.16. The first-order chi connectivity index (χ1) is 38.3. The molecule has 2 aromatic carbocycles. The van der Waals surface area contributed by atoms with E-state index in [9.17, 15) is 9.59 Å². The lowest BCUT2D eigenvalue weighted by Gasteiger charge is -2.44. The number of hydrazine groups is 2. The molecule has 6 unspecified atom stereocenters. The molecule has 0 radical (unpaired) electrons. The maximum atomic E-state index is 13.7. The third-order valence-electron chi connectivity index (χ3n) is 15.3. The maximum absolute atomic E-state index is 13.7. The number of likely N-dealkylation sites (N-methyl/N-ethyl adjacent to an activating group) is 1. The molecular weight excluding hydrogens is 985 g/mol. The number of nitrogens with zero attached hydrogens (tertiary/aromatic N) is 12.